The normalized spacial score (nSPS) is 14.1. The number of phosphoric ester groups is 1. The minimum atomic E-state index is -4.77. The van der Waals surface area contributed by atoms with Crippen molar-refractivity contribution in [2.45, 2.75) is 264 Å². The zero-order chi connectivity index (χ0) is 56.9. The predicted molar refractivity (Wildman–Crippen MR) is 325 cm³/mol. The fourth-order valence-electron chi connectivity index (χ4n) is 7.97. The molecule has 3 unspecified atom stereocenters. The lowest BCUT2D eigenvalue weighted by Crippen LogP contribution is -2.30. The molecule has 0 fully saturated rings. The Morgan fingerprint density at radius 1 is 0.372 bits per heavy atom. The first-order chi connectivity index (χ1) is 38.2. The number of allylic oxidation sites excluding steroid dienone is 18. The summed E-state index contributed by atoms with van der Waals surface area (Å²) in [4.78, 5) is 48.7. The molecule has 0 saturated carbocycles. The zero-order valence-electron chi connectivity index (χ0n) is 49.3. The molecule has 0 aliphatic heterocycles. The Morgan fingerprint density at radius 2 is 0.667 bits per heavy atom. The van der Waals surface area contributed by atoms with Crippen LogP contribution in [0.2, 0.25) is 0 Å². The third kappa shape index (κ3) is 56.8. The molecule has 0 radical (unpaired) electrons. The number of aliphatic hydroxyl groups is 1. The van der Waals surface area contributed by atoms with Gasteiger partial charge in [0.05, 0.1) is 19.8 Å². The van der Waals surface area contributed by atoms with E-state index in [0.29, 0.717) is 19.3 Å². The van der Waals surface area contributed by atoms with Gasteiger partial charge in [0, 0.05) is 19.3 Å². The van der Waals surface area contributed by atoms with Crippen molar-refractivity contribution >= 4 is 25.7 Å². The third-order valence-electron chi connectivity index (χ3n) is 12.6. The van der Waals surface area contributed by atoms with Crippen LogP contribution in [0.15, 0.2) is 109 Å². The van der Waals surface area contributed by atoms with Gasteiger partial charge in [-0.15, -0.1) is 0 Å². The maximum absolute atomic E-state index is 12.9. The second kappa shape index (κ2) is 59.3. The van der Waals surface area contributed by atoms with E-state index in [-0.39, 0.29) is 25.9 Å². The average molecular weight is 1110 g/mol. The largest absolute Gasteiger partial charge is 0.472 e. The number of rotatable bonds is 56. The number of ether oxygens (including phenoxy) is 3. The molecule has 0 aromatic carbocycles. The van der Waals surface area contributed by atoms with Gasteiger partial charge in [-0.25, -0.2) is 4.57 Å². The molecule has 0 aromatic heterocycles. The van der Waals surface area contributed by atoms with E-state index in [1.165, 1.54) is 51.4 Å². The van der Waals surface area contributed by atoms with Gasteiger partial charge in [0.15, 0.2) is 6.10 Å². The van der Waals surface area contributed by atoms with E-state index in [1.54, 1.807) is 0 Å². The Hall–Kier alpha value is -3.86. The summed E-state index contributed by atoms with van der Waals surface area (Å²) in [6.45, 7) is 4.42. The molecule has 0 aromatic rings. The first-order valence-electron chi connectivity index (χ1n) is 30.8. The van der Waals surface area contributed by atoms with Crippen LogP contribution in [0.1, 0.15) is 252 Å². The van der Waals surface area contributed by atoms with Crippen LogP contribution in [0, 0.1) is 0 Å². The van der Waals surface area contributed by atoms with Crippen molar-refractivity contribution < 1.29 is 52.2 Å². The monoisotopic (exact) mass is 1110 g/mol. The first-order valence-corrected chi connectivity index (χ1v) is 32.3. The topological polar surface area (TPSA) is 155 Å². The molecule has 0 aliphatic carbocycles. The standard InChI is InChI=1S/C66H111O11P/c1-4-7-10-13-16-19-22-25-27-29-31-33-35-38-40-43-46-49-52-55-64(68)73-59-63(77-66(70)57-54-51-48-45-42-39-36-34-32-30-28-26-23-20-17-14-11-8-5-2)61-75-78(71,72)74-60-62(58-67)76-65(69)56-53-50-47-44-41-37-24-21-18-15-12-9-6-3/h9,12,16-21,25-28,31-34,37,41,62-63,67H,4-8,10-11,13-15,22-24,29-30,35-36,38-40,42-61H2,1-3H3,(H,71,72)/b12-9-,19-16-,20-17-,21-18-,27-25-,28-26-,33-31-,34-32-,41-37-. The highest BCUT2D eigenvalue weighted by molar-refractivity contribution is 7.47. The molecule has 12 heteroatoms. The Balaban J connectivity index is 4.80. The van der Waals surface area contributed by atoms with E-state index < -0.39 is 57.8 Å². The molecule has 0 bridgehead atoms. The molecule has 0 aliphatic rings. The molecular formula is C66H111O11P. The van der Waals surface area contributed by atoms with Crippen molar-refractivity contribution in [1.29, 1.82) is 0 Å². The SMILES string of the molecule is CC/C=C\C/C=C\C/C=C\CCCCCC(=O)OC(CO)COP(=O)(O)OCC(COC(=O)CCCCCCCC/C=C\C/C=C\C/C=C\CCCCC)OC(=O)CCCCCCCC/C=C\C/C=C\C/C=C\CCCCC. The minimum absolute atomic E-state index is 0.135. The van der Waals surface area contributed by atoms with E-state index >= 15 is 0 Å². The van der Waals surface area contributed by atoms with Gasteiger partial charge >= 0.3 is 25.7 Å². The molecular weight excluding hydrogens is 1000 g/mol. The molecule has 0 rings (SSSR count). The predicted octanol–water partition coefficient (Wildman–Crippen LogP) is 18.6. The Kier molecular flexibility index (Phi) is 56.3. The summed E-state index contributed by atoms with van der Waals surface area (Å²) in [5, 5.41) is 9.82. The number of phosphoric acid groups is 1. The van der Waals surface area contributed by atoms with E-state index in [2.05, 4.69) is 130 Å². The molecule has 446 valence electrons. The highest BCUT2D eigenvalue weighted by Gasteiger charge is 2.28. The average Bonchev–Trinajstić information content (AvgIpc) is 3.43. The number of carbonyl (C=O) groups is 3. The van der Waals surface area contributed by atoms with E-state index in [0.717, 1.165) is 141 Å². The third-order valence-corrected chi connectivity index (χ3v) is 13.6. The van der Waals surface area contributed by atoms with Crippen LogP contribution < -0.4 is 0 Å². The van der Waals surface area contributed by atoms with Gasteiger partial charge in [0.1, 0.15) is 12.7 Å². The van der Waals surface area contributed by atoms with Gasteiger partial charge in [-0.1, -0.05) is 214 Å². The van der Waals surface area contributed by atoms with Crippen LogP contribution >= 0.6 is 7.82 Å². The highest BCUT2D eigenvalue weighted by atomic mass is 31.2. The van der Waals surface area contributed by atoms with E-state index in [4.69, 9.17) is 23.3 Å². The molecule has 78 heavy (non-hydrogen) atoms. The van der Waals surface area contributed by atoms with Crippen LogP contribution in [0.5, 0.6) is 0 Å². The van der Waals surface area contributed by atoms with Crippen molar-refractivity contribution in [3.8, 4) is 0 Å². The van der Waals surface area contributed by atoms with Crippen LogP contribution in [0.4, 0.5) is 0 Å². The number of aliphatic hydroxyl groups excluding tert-OH is 1. The molecule has 0 heterocycles. The Morgan fingerprint density at radius 3 is 1.04 bits per heavy atom. The van der Waals surface area contributed by atoms with Crippen LogP contribution in [-0.2, 0) is 42.2 Å². The minimum Gasteiger partial charge on any atom is -0.462 e. The maximum Gasteiger partial charge on any atom is 0.472 e. The van der Waals surface area contributed by atoms with Gasteiger partial charge in [-0.3, -0.25) is 23.4 Å². The molecule has 0 saturated heterocycles. The lowest BCUT2D eigenvalue weighted by molar-refractivity contribution is -0.161. The van der Waals surface area contributed by atoms with E-state index in [9.17, 15) is 28.9 Å². The Labute approximate surface area is 475 Å². The molecule has 11 nitrogen and oxygen atoms in total. The Bertz CT molecular complexity index is 1720. The second-order valence-electron chi connectivity index (χ2n) is 20.1. The number of hydrogen-bond donors (Lipinski definition) is 2. The fraction of sp³-hybridized carbons (Fsp3) is 0.682. The van der Waals surface area contributed by atoms with Gasteiger partial charge in [-0.05, 0) is 128 Å². The molecule has 0 amide bonds. The molecule has 3 atom stereocenters. The summed E-state index contributed by atoms with van der Waals surface area (Å²) in [5.41, 5.74) is 0. The summed E-state index contributed by atoms with van der Waals surface area (Å²) in [5.74, 6) is -1.53. The summed E-state index contributed by atoms with van der Waals surface area (Å²) in [6, 6.07) is 0. The fourth-order valence-corrected chi connectivity index (χ4v) is 8.76. The summed E-state index contributed by atoms with van der Waals surface area (Å²) in [7, 11) is -4.77. The molecule has 2 N–H and O–H groups in total. The van der Waals surface area contributed by atoms with Crippen molar-refractivity contribution in [3.05, 3.63) is 109 Å². The maximum atomic E-state index is 12.9. The van der Waals surface area contributed by atoms with Crippen molar-refractivity contribution in [2.75, 3.05) is 26.4 Å². The lowest BCUT2D eigenvalue weighted by atomic mass is 10.1. The smallest absolute Gasteiger partial charge is 0.462 e. The number of esters is 3. The van der Waals surface area contributed by atoms with E-state index in [1.807, 2.05) is 0 Å². The summed E-state index contributed by atoms with van der Waals surface area (Å²) < 4.78 is 39.6. The quantitative estimate of drug-likeness (QED) is 0.0197. The van der Waals surface area contributed by atoms with Gasteiger partial charge in [0.2, 0.25) is 0 Å². The molecule has 0 spiro atoms. The summed E-state index contributed by atoms with van der Waals surface area (Å²) in [6.07, 6.45) is 71.8. The van der Waals surface area contributed by atoms with Crippen molar-refractivity contribution in [1.82, 2.24) is 0 Å². The number of hydrogen-bond acceptors (Lipinski definition) is 10. The van der Waals surface area contributed by atoms with Crippen LogP contribution in [-0.4, -0.2) is 66.5 Å². The van der Waals surface area contributed by atoms with Crippen LogP contribution in [0.25, 0.3) is 0 Å². The van der Waals surface area contributed by atoms with Crippen molar-refractivity contribution in [3.63, 3.8) is 0 Å². The van der Waals surface area contributed by atoms with Gasteiger partial charge in [-0.2, -0.15) is 0 Å². The zero-order valence-corrected chi connectivity index (χ0v) is 50.2. The highest BCUT2D eigenvalue weighted by Crippen LogP contribution is 2.43. The van der Waals surface area contributed by atoms with Crippen LogP contribution in [0.3, 0.4) is 0 Å². The number of unbranched alkanes of at least 4 members (excludes halogenated alkanes) is 21. The van der Waals surface area contributed by atoms with Gasteiger partial charge < -0.3 is 24.2 Å². The number of carbonyl (C=O) groups excluding carboxylic acids is 3. The van der Waals surface area contributed by atoms with Crippen molar-refractivity contribution in [2.24, 2.45) is 0 Å². The summed E-state index contributed by atoms with van der Waals surface area (Å²) >= 11 is 0. The van der Waals surface area contributed by atoms with Gasteiger partial charge in [0.25, 0.3) is 0 Å². The second-order valence-corrected chi connectivity index (χ2v) is 21.6. The first kappa shape index (κ1) is 74.1. The lowest BCUT2D eigenvalue weighted by Gasteiger charge is -2.21.